The van der Waals surface area contributed by atoms with Crippen LogP contribution in [0.15, 0.2) is 18.2 Å². The minimum atomic E-state index is -0.989. The maximum absolute atomic E-state index is 13.3. The van der Waals surface area contributed by atoms with Crippen LogP contribution in [-0.4, -0.2) is 42.6 Å². The lowest BCUT2D eigenvalue weighted by Crippen LogP contribution is -2.45. The molecule has 0 aliphatic carbocycles. The Morgan fingerprint density at radius 2 is 1.76 bits per heavy atom. The van der Waals surface area contributed by atoms with E-state index in [1.165, 1.54) is 18.0 Å². The van der Waals surface area contributed by atoms with Gasteiger partial charge in [0.1, 0.15) is 5.60 Å². The van der Waals surface area contributed by atoms with Crippen LogP contribution in [0.25, 0.3) is 0 Å². The second-order valence-electron chi connectivity index (χ2n) is 7.24. The molecule has 1 aliphatic heterocycles. The molecule has 25 heavy (non-hydrogen) atoms. The average Bonchev–Trinajstić information content (AvgIpc) is 2.54. The van der Waals surface area contributed by atoms with Gasteiger partial charge in [-0.2, -0.15) is 0 Å². The first kappa shape index (κ1) is 19.1. The summed E-state index contributed by atoms with van der Waals surface area (Å²) in [5.74, 6) is -2.38. The Bertz CT molecular complexity index is 650. The standard InChI is InChI=1S/C18H24F2N2O3/c1-18(2,3)25-17(24)22-9-7-12(8-10-22)16(23)21(4)13-5-6-14(19)15(20)11-13/h5-6,11-12H,7-10H2,1-4H3. The Morgan fingerprint density at radius 3 is 2.28 bits per heavy atom. The first-order chi connectivity index (χ1) is 11.6. The van der Waals surface area contributed by atoms with Gasteiger partial charge in [-0.25, -0.2) is 13.6 Å². The molecular formula is C18H24F2N2O3. The van der Waals surface area contributed by atoms with E-state index in [4.69, 9.17) is 4.74 Å². The van der Waals surface area contributed by atoms with Gasteiger partial charge in [0.05, 0.1) is 0 Å². The van der Waals surface area contributed by atoms with E-state index in [1.54, 1.807) is 25.7 Å². The summed E-state index contributed by atoms with van der Waals surface area (Å²) in [6.45, 7) is 6.27. The highest BCUT2D eigenvalue weighted by atomic mass is 19.2. The van der Waals surface area contributed by atoms with Crippen molar-refractivity contribution in [2.75, 3.05) is 25.0 Å². The number of anilines is 1. The van der Waals surface area contributed by atoms with Crippen LogP contribution >= 0.6 is 0 Å². The SMILES string of the molecule is CN(C(=O)C1CCN(C(=O)OC(C)(C)C)CC1)c1ccc(F)c(F)c1. The first-order valence-corrected chi connectivity index (χ1v) is 8.29. The molecule has 1 heterocycles. The van der Waals surface area contributed by atoms with Crippen LogP contribution in [-0.2, 0) is 9.53 Å². The number of likely N-dealkylation sites (tertiary alicyclic amines) is 1. The number of hydrogen-bond donors (Lipinski definition) is 0. The summed E-state index contributed by atoms with van der Waals surface area (Å²) in [5, 5.41) is 0. The minimum Gasteiger partial charge on any atom is -0.444 e. The lowest BCUT2D eigenvalue weighted by atomic mass is 9.95. The van der Waals surface area contributed by atoms with Gasteiger partial charge in [-0.3, -0.25) is 4.79 Å². The van der Waals surface area contributed by atoms with Crippen molar-refractivity contribution >= 4 is 17.7 Å². The molecule has 1 aliphatic rings. The van der Waals surface area contributed by atoms with E-state index in [0.717, 1.165) is 12.1 Å². The molecule has 0 aromatic heterocycles. The molecule has 1 fully saturated rings. The zero-order chi connectivity index (χ0) is 18.8. The van der Waals surface area contributed by atoms with Crippen LogP contribution in [0.1, 0.15) is 33.6 Å². The maximum atomic E-state index is 13.3. The van der Waals surface area contributed by atoms with Gasteiger partial charge in [-0.15, -0.1) is 0 Å². The fourth-order valence-electron chi connectivity index (χ4n) is 2.73. The van der Waals surface area contributed by atoms with Gasteiger partial charge in [0.25, 0.3) is 0 Å². The summed E-state index contributed by atoms with van der Waals surface area (Å²) in [5.41, 5.74) is -0.255. The van der Waals surface area contributed by atoms with E-state index in [2.05, 4.69) is 0 Å². The normalized spacial score (nSPS) is 15.8. The van der Waals surface area contributed by atoms with E-state index in [-0.39, 0.29) is 17.9 Å². The molecule has 1 aromatic rings. The van der Waals surface area contributed by atoms with Crippen LogP contribution in [0.4, 0.5) is 19.3 Å². The molecule has 1 saturated heterocycles. The monoisotopic (exact) mass is 354 g/mol. The van der Waals surface area contributed by atoms with Gasteiger partial charge in [0.15, 0.2) is 11.6 Å². The highest BCUT2D eigenvalue weighted by Gasteiger charge is 2.31. The van der Waals surface area contributed by atoms with Crippen molar-refractivity contribution < 1.29 is 23.1 Å². The van der Waals surface area contributed by atoms with Gasteiger partial charge >= 0.3 is 6.09 Å². The van der Waals surface area contributed by atoms with Gasteiger partial charge in [0, 0.05) is 37.8 Å². The summed E-state index contributed by atoms with van der Waals surface area (Å²) in [6, 6.07) is 3.37. The van der Waals surface area contributed by atoms with E-state index in [9.17, 15) is 18.4 Å². The van der Waals surface area contributed by atoms with Crippen molar-refractivity contribution in [3.05, 3.63) is 29.8 Å². The summed E-state index contributed by atoms with van der Waals surface area (Å²) in [4.78, 5) is 27.5. The van der Waals surface area contributed by atoms with Gasteiger partial charge in [-0.1, -0.05) is 0 Å². The Labute approximate surface area is 146 Å². The third-order valence-corrected chi connectivity index (χ3v) is 4.12. The number of halogens is 2. The second kappa shape index (κ2) is 7.37. The predicted molar refractivity (Wildman–Crippen MR) is 90.3 cm³/mol. The number of nitrogens with zero attached hydrogens (tertiary/aromatic N) is 2. The number of piperidine rings is 1. The fourth-order valence-corrected chi connectivity index (χ4v) is 2.73. The Kier molecular flexibility index (Phi) is 5.65. The lowest BCUT2D eigenvalue weighted by Gasteiger charge is -2.34. The molecular weight excluding hydrogens is 330 g/mol. The van der Waals surface area contributed by atoms with Crippen molar-refractivity contribution in [2.24, 2.45) is 5.92 Å². The maximum Gasteiger partial charge on any atom is 0.410 e. The highest BCUT2D eigenvalue weighted by Crippen LogP contribution is 2.24. The van der Waals surface area contributed by atoms with Crippen molar-refractivity contribution in [1.29, 1.82) is 0 Å². The van der Waals surface area contributed by atoms with Crippen molar-refractivity contribution in [3.63, 3.8) is 0 Å². The molecule has 2 rings (SSSR count). The van der Waals surface area contributed by atoms with Crippen molar-refractivity contribution in [2.45, 2.75) is 39.2 Å². The third kappa shape index (κ3) is 4.90. The number of amides is 2. The number of hydrogen-bond acceptors (Lipinski definition) is 3. The zero-order valence-corrected chi connectivity index (χ0v) is 15.0. The average molecular weight is 354 g/mol. The molecule has 138 valence electrons. The molecule has 0 saturated carbocycles. The topological polar surface area (TPSA) is 49.9 Å². The number of carbonyl (C=O) groups is 2. The minimum absolute atomic E-state index is 0.171. The Hall–Kier alpha value is -2.18. The van der Waals surface area contributed by atoms with Crippen LogP contribution < -0.4 is 4.90 Å². The molecule has 7 heteroatoms. The largest absolute Gasteiger partial charge is 0.444 e. The Balaban J connectivity index is 1.94. The molecule has 5 nitrogen and oxygen atoms in total. The van der Waals surface area contributed by atoms with Crippen molar-refractivity contribution in [3.8, 4) is 0 Å². The van der Waals surface area contributed by atoms with Gasteiger partial charge < -0.3 is 14.5 Å². The fraction of sp³-hybridized carbons (Fsp3) is 0.556. The molecule has 0 bridgehead atoms. The summed E-state index contributed by atoms with van der Waals surface area (Å²) in [6.07, 6.45) is 0.630. The molecule has 0 radical (unpaired) electrons. The molecule has 2 amide bonds. The first-order valence-electron chi connectivity index (χ1n) is 8.29. The molecule has 0 atom stereocenters. The summed E-state index contributed by atoms with van der Waals surface area (Å²) in [7, 11) is 1.54. The zero-order valence-electron chi connectivity index (χ0n) is 15.0. The molecule has 0 spiro atoms. The van der Waals surface area contributed by atoms with Crippen LogP contribution in [0, 0.1) is 17.6 Å². The predicted octanol–water partition coefficient (Wildman–Crippen LogP) is 3.57. The quantitative estimate of drug-likeness (QED) is 0.816. The van der Waals surface area contributed by atoms with E-state index >= 15 is 0 Å². The molecule has 0 unspecified atom stereocenters. The highest BCUT2D eigenvalue weighted by molar-refractivity contribution is 5.94. The van der Waals surface area contributed by atoms with E-state index < -0.39 is 17.2 Å². The summed E-state index contributed by atoms with van der Waals surface area (Å²) >= 11 is 0. The molecule has 0 N–H and O–H groups in total. The van der Waals surface area contributed by atoms with E-state index in [1.807, 2.05) is 0 Å². The molecule has 1 aromatic carbocycles. The number of ether oxygens (including phenoxy) is 1. The van der Waals surface area contributed by atoms with Crippen LogP contribution in [0.3, 0.4) is 0 Å². The number of rotatable bonds is 2. The number of carbonyl (C=O) groups excluding carboxylic acids is 2. The second-order valence-corrected chi connectivity index (χ2v) is 7.24. The third-order valence-electron chi connectivity index (χ3n) is 4.12. The van der Waals surface area contributed by atoms with Gasteiger partial charge in [-0.05, 0) is 45.7 Å². The lowest BCUT2D eigenvalue weighted by molar-refractivity contribution is -0.123. The van der Waals surface area contributed by atoms with Gasteiger partial charge in [0.2, 0.25) is 5.91 Å². The smallest absolute Gasteiger partial charge is 0.410 e. The summed E-state index contributed by atoms with van der Waals surface area (Å²) < 4.78 is 31.7. The van der Waals surface area contributed by atoms with Crippen molar-refractivity contribution in [1.82, 2.24) is 4.90 Å². The Morgan fingerprint density at radius 1 is 1.16 bits per heavy atom. The van der Waals surface area contributed by atoms with E-state index in [0.29, 0.717) is 31.6 Å². The number of benzene rings is 1. The van der Waals surface area contributed by atoms with Crippen LogP contribution in [0.2, 0.25) is 0 Å². The van der Waals surface area contributed by atoms with Crippen LogP contribution in [0.5, 0.6) is 0 Å².